The molecule has 0 bridgehead atoms. The largest absolute Gasteiger partial charge is 0.441 e. The molecule has 16 heavy (non-hydrogen) atoms. The fourth-order valence-corrected chi connectivity index (χ4v) is 2.11. The molecule has 0 heterocycles. The van der Waals surface area contributed by atoms with E-state index in [-0.39, 0.29) is 29.0 Å². The van der Waals surface area contributed by atoms with Gasteiger partial charge in [-0.05, 0) is 24.8 Å². The lowest BCUT2D eigenvalue weighted by atomic mass is 9.84. The molecule has 0 aliphatic carbocycles. The van der Waals surface area contributed by atoms with Crippen molar-refractivity contribution in [3.8, 4) is 0 Å². The van der Waals surface area contributed by atoms with Gasteiger partial charge in [0.15, 0.2) is 0 Å². The summed E-state index contributed by atoms with van der Waals surface area (Å²) in [6.45, 7) is 9.20. The van der Waals surface area contributed by atoms with Crippen molar-refractivity contribution in [3.63, 3.8) is 0 Å². The standard InChI is InChI=1S/C11H22F3NS/c1-5-15-9(10(2,3)4)7-6-8-16-11(12,13)14/h9,15H,5-8H2,1-4H3. The Hall–Kier alpha value is 0.100. The summed E-state index contributed by atoms with van der Waals surface area (Å²) in [6, 6.07) is 0.284. The first-order valence-electron chi connectivity index (χ1n) is 5.61. The summed E-state index contributed by atoms with van der Waals surface area (Å²) in [5.41, 5.74) is -3.99. The maximum atomic E-state index is 11.9. The van der Waals surface area contributed by atoms with Gasteiger partial charge in [0.25, 0.3) is 0 Å². The van der Waals surface area contributed by atoms with E-state index in [2.05, 4.69) is 26.1 Å². The van der Waals surface area contributed by atoms with Crippen molar-refractivity contribution < 1.29 is 13.2 Å². The molecule has 5 heteroatoms. The van der Waals surface area contributed by atoms with Crippen LogP contribution in [-0.4, -0.2) is 23.8 Å². The molecule has 1 atom stereocenters. The molecule has 0 saturated heterocycles. The third kappa shape index (κ3) is 8.28. The summed E-state index contributed by atoms with van der Waals surface area (Å²) >= 11 is 0.0765. The van der Waals surface area contributed by atoms with Gasteiger partial charge in [-0.3, -0.25) is 0 Å². The van der Waals surface area contributed by atoms with Gasteiger partial charge in [0.05, 0.1) is 0 Å². The van der Waals surface area contributed by atoms with Gasteiger partial charge >= 0.3 is 5.51 Å². The van der Waals surface area contributed by atoms with Crippen LogP contribution in [0.5, 0.6) is 0 Å². The summed E-state index contributed by atoms with van der Waals surface area (Å²) < 4.78 is 35.7. The van der Waals surface area contributed by atoms with Crippen LogP contribution in [0.3, 0.4) is 0 Å². The van der Waals surface area contributed by atoms with Crippen LogP contribution in [0.4, 0.5) is 13.2 Å². The maximum Gasteiger partial charge on any atom is 0.441 e. The van der Waals surface area contributed by atoms with Crippen LogP contribution in [0.15, 0.2) is 0 Å². The Morgan fingerprint density at radius 2 is 1.75 bits per heavy atom. The number of hydrogen-bond donors (Lipinski definition) is 1. The Morgan fingerprint density at radius 1 is 1.19 bits per heavy atom. The lowest BCUT2D eigenvalue weighted by molar-refractivity contribution is -0.0328. The van der Waals surface area contributed by atoms with Crippen molar-refractivity contribution in [2.24, 2.45) is 5.41 Å². The normalized spacial score (nSPS) is 15.2. The molecular weight excluding hydrogens is 235 g/mol. The van der Waals surface area contributed by atoms with Crippen LogP contribution in [0.2, 0.25) is 0 Å². The van der Waals surface area contributed by atoms with Gasteiger partial charge in [-0.25, -0.2) is 0 Å². The number of alkyl halides is 3. The first-order valence-corrected chi connectivity index (χ1v) is 6.59. The Kier molecular flexibility index (Phi) is 6.79. The van der Waals surface area contributed by atoms with Gasteiger partial charge in [-0.1, -0.05) is 39.5 Å². The highest BCUT2D eigenvalue weighted by atomic mass is 32.2. The van der Waals surface area contributed by atoms with Crippen LogP contribution < -0.4 is 5.32 Å². The SMILES string of the molecule is CCNC(CCCSC(F)(F)F)C(C)(C)C. The molecule has 1 nitrogen and oxygen atoms in total. The zero-order chi connectivity index (χ0) is 12.8. The summed E-state index contributed by atoms with van der Waals surface area (Å²) in [5.74, 6) is 0.154. The molecule has 0 fully saturated rings. The predicted molar refractivity (Wildman–Crippen MR) is 64.7 cm³/mol. The van der Waals surface area contributed by atoms with Crippen LogP contribution >= 0.6 is 11.8 Å². The molecule has 0 aromatic carbocycles. The maximum absolute atomic E-state index is 11.9. The Bertz CT molecular complexity index is 187. The molecule has 0 aliphatic rings. The summed E-state index contributed by atoms with van der Waals surface area (Å²) in [7, 11) is 0. The average molecular weight is 257 g/mol. The number of hydrogen-bond acceptors (Lipinski definition) is 2. The van der Waals surface area contributed by atoms with Gasteiger partial charge < -0.3 is 5.32 Å². The van der Waals surface area contributed by atoms with Crippen molar-refractivity contribution in [3.05, 3.63) is 0 Å². The van der Waals surface area contributed by atoms with Crippen molar-refractivity contribution in [1.82, 2.24) is 5.32 Å². The summed E-state index contributed by atoms with van der Waals surface area (Å²) in [4.78, 5) is 0. The second-order valence-electron chi connectivity index (χ2n) is 4.91. The molecule has 0 aliphatic heterocycles. The van der Waals surface area contributed by atoms with E-state index < -0.39 is 5.51 Å². The predicted octanol–water partition coefficient (Wildman–Crippen LogP) is 4.04. The van der Waals surface area contributed by atoms with Gasteiger partial charge in [0, 0.05) is 11.8 Å². The van der Waals surface area contributed by atoms with E-state index in [0.717, 1.165) is 13.0 Å². The van der Waals surface area contributed by atoms with Crippen molar-refractivity contribution >= 4 is 11.8 Å². The van der Waals surface area contributed by atoms with Crippen molar-refractivity contribution in [2.45, 2.75) is 52.1 Å². The molecule has 0 radical (unpaired) electrons. The minimum atomic E-state index is -4.09. The highest BCUT2D eigenvalue weighted by molar-refractivity contribution is 8.00. The van der Waals surface area contributed by atoms with E-state index in [4.69, 9.17) is 0 Å². The second kappa shape index (κ2) is 6.74. The minimum Gasteiger partial charge on any atom is -0.314 e. The van der Waals surface area contributed by atoms with Crippen LogP contribution in [0, 0.1) is 5.41 Å². The van der Waals surface area contributed by atoms with Crippen LogP contribution in [0.1, 0.15) is 40.5 Å². The Balaban J connectivity index is 3.86. The van der Waals surface area contributed by atoms with E-state index in [1.165, 1.54) is 0 Å². The molecule has 0 aromatic heterocycles. The first kappa shape index (κ1) is 16.1. The summed E-state index contributed by atoms with van der Waals surface area (Å²) in [5, 5.41) is 3.33. The van der Waals surface area contributed by atoms with Crippen molar-refractivity contribution in [1.29, 1.82) is 0 Å². The van der Waals surface area contributed by atoms with E-state index in [1.54, 1.807) is 0 Å². The third-order valence-electron chi connectivity index (χ3n) is 2.40. The molecule has 0 aromatic rings. The van der Waals surface area contributed by atoms with E-state index >= 15 is 0 Å². The lowest BCUT2D eigenvalue weighted by Gasteiger charge is -2.31. The lowest BCUT2D eigenvalue weighted by Crippen LogP contribution is -2.40. The zero-order valence-corrected chi connectivity index (χ0v) is 11.3. The molecule has 0 amide bonds. The van der Waals surface area contributed by atoms with Gasteiger partial charge in [-0.2, -0.15) is 13.2 Å². The van der Waals surface area contributed by atoms with Crippen LogP contribution in [-0.2, 0) is 0 Å². The molecule has 98 valence electrons. The van der Waals surface area contributed by atoms with Gasteiger partial charge in [0.1, 0.15) is 0 Å². The Labute approximate surface area is 101 Å². The fourth-order valence-electron chi connectivity index (χ4n) is 1.56. The van der Waals surface area contributed by atoms with Crippen molar-refractivity contribution in [2.75, 3.05) is 12.3 Å². The topological polar surface area (TPSA) is 12.0 Å². The monoisotopic (exact) mass is 257 g/mol. The van der Waals surface area contributed by atoms with E-state index in [0.29, 0.717) is 6.42 Å². The quantitative estimate of drug-likeness (QED) is 0.721. The second-order valence-corrected chi connectivity index (χ2v) is 6.07. The van der Waals surface area contributed by atoms with Gasteiger partial charge in [-0.15, -0.1) is 0 Å². The number of thioether (sulfide) groups is 1. The Morgan fingerprint density at radius 3 is 2.12 bits per heavy atom. The molecule has 1 unspecified atom stereocenters. The van der Waals surface area contributed by atoms with E-state index in [9.17, 15) is 13.2 Å². The van der Waals surface area contributed by atoms with E-state index in [1.807, 2.05) is 6.92 Å². The molecular formula is C11H22F3NS. The smallest absolute Gasteiger partial charge is 0.314 e. The molecule has 0 saturated carbocycles. The number of nitrogens with one attached hydrogen (secondary N) is 1. The molecule has 0 spiro atoms. The fraction of sp³-hybridized carbons (Fsp3) is 1.00. The minimum absolute atomic E-state index is 0.0765. The van der Waals surface area contributed by atoms with Gasteiger partial charge in [0.2, 0.25) is 0 Å². The highest BCUT2D eigenvalue weighted by Gasteiger charge is 2.28. The number of halogens is 3. The summed E-state index contributed by atoms with van der Waals surface area (Å²) in [6.07, 6.45) is 1.39. The number of rotatable bonds is 6. The molecule has 0 rings (SSSR count). The first-order chi connectivity index (χ1) is 7.17. The zero-order valence-electron chi connectivity index (χ0n) is 10.4. The average Bonchev–Trinajstić information content (AvgIpc) is 2.06. The molecule has 1 N–H and O–H groups in total. The van der Waals surface area contributed by atoms with Crippen LogP contribution in [0.25, 0.3) is 0 Å². The highest BCUT2D eigenvalue weighted by Crippen LogP contribution is 2.31. The third-order valence-corrected chi connectivity index (χ3v) is 3.22.